The summed E-state index contributed by atoms with van der Waals surface area (Å²) < 4.78 is 8.92. The van der Waals surface area contributed by atoms with Gasteiger partial charge in [-0.1, -0.05) is 133 Å². The largest absolute Gasteiger partial charge is 0.437 e. The number of nitrogens with zero attached hydrogens (tertiary/aromatic N) is 3. The second-order valence-electron chi connectivity index (χ2n) is 13.0. The summed E-state index contributed by atoms with van der Waals surface area (Å²) >= 11 is 0. The molecular formula is C46H27N3O. The summed E-state index contributed by atoms with van der Waals surface area (Å²) in [6.07, 6.45) is 0. The van der Waals surface area contributed by atoms with Gasteiger partial charge in [-0.3, -0.25) is 4.57 Å². The first-order valence-electron chi connectivity index (χ1n) is 16.9. The molecule has 0 aliphatic carbocycles. The Kier molecular flexibility index (Phi) is 5.63. The smallest absolute Gasteiger partial charge is 0.238 e. The molecule has 4 heteroatoms. The van der Waals surface area contributed by atoms with Gasteiger partial charge in [0.2, 0.25) is 11.7 Å². The SMILES string of the molecule is c1ccc(-c2ccc3c(c2)oc2nc(-n4c5ccc6ccccc6c5c5c6ccccc6ccc54)nc(-c4ccc5ccccc5c4)c23)cc1. The van der Waals surface area contributed by atoms with Crippen molar-refractivity contribution in [3.8, 4) is 28.3 Å². The molecular weight excluding hydrogens is 611 g/mol. The second kappa shape index (κ2) is 10.4. The Labute approximate surface area is 286 Å². The molecule has 3 aromatic heterocycles. The number of aromatic nitrogens is 3. The Morgan fingerprint density at radius 1 is 0.400 bits per heavy atom. The average molecular weight is 638 g/mol. The molecule has 0 atom stereocenters. The number of benzene rings is 8. The molecule has 3 heterocycles. The van der Waals surface area contributed by atoms with Gasteiger partial charge in [-0.25, -0.2) is 4.98 Å². The van der Waals surface area contributed by atoms with Crippen LogP contribution in [0, 0.1) is 0 Å². The van der Waals surface area contributed by atoms with Gasteiger partial charge in [0, 0.05) is 21.7 Å². The number of hydrogen-bond acceptors (Lipinski definition) is 3. The average Bonchev–Trinajstić information content (AvgIpc) is 3.73. The van der Waals surface area contributed by atoms with Gasteiger partial charge < -0.3 is 4.42 Å². The lowest BCUT2D eigenvalue weighted by Gasteiger charge is -2.11. The van der Waals surface area contributed by atoms with Gasteiger partial charge in [-0.2, -0.15) is 4.98 Å². The van der Waals surface area contributed by atoms with Crippen LogP contribution < -0.4 is 0 Å². The van der Waals surface area contributed by atoms with Crippen molar-refractivity contribution in [1.82, 2.24) is 14.5 Å². The minimum atomic E-state index is 0.565. The topological polar surface area (TPSA) is 43.9 Å². The van der Waals surface area contributed by atoms with Crippen molar-refractivity contribution in [2.24, 2.45) is 0 Å². The lowest BCUT2D eigenvalue weighted by molar-refractivity contribution is 0.651. The third kappa shape index (κ3) is 3.93. The molecule has 11 rings (SSSR count). The van der Waals surface area contributed by atoms with E-state index >= 15 is 0 Å². The van der Waals surface area contributed by atoms with E-state index in [9.17, 15) is 0 Å². The molecule has 0 fully saturated rings. The van der Waals surface area contributed by atoms with Crippen LogP contribution in [0.25, 0.3) is 105 Å². The molecule has 0 aliphatic heterocycles. The van der Waals surface area contributed by atoms with Crippen LogP contribution >= 0.6 is 0 Å². The standard InChI is InChI=1S/C46H27N3O/c1-2-10-28(11-3-1)33-20-23-37-40(27-33)50-45-43(37)44(34-19-18-29-12-4-5-15-32(29)26-34)47-46(48-45)49-38-24-21-30-13-6-8-16-35(30)41(38)42-36-17-9-7-14-31(36)22-25-39(42)49/h1-27H. The van der Waals surface area contributed by atoms with Crippen molar-refractivity contribution in [1.29, 1.82) is 0 Å². The van der Waals surface area contributed by atoms with Gasteiger partial charge in [0.1, 0.15) is 5.58 Å². The Hall–Kier alpha value is -6.78. The fraction of sp³-hybridized carbons (Fsp3) is 0. The molecule has 50 heavy (non-hydrogen) atoms. The van der Waals surface area contributed by atoms with Crippen LogP contribution in [0.1, 0.15) is 0 Å². The molecule has 0 N–H and O–H groups in total. The molecule has 0 amide bonds. The van der Waals surface area contributed by atoms with Crippen LogP contribution in [0.15, 0.2) is 168 Å². The van der Waals surface area contributed by atoms with E-state index in [1.165, 1.54) is 37.7 Å². The van der Waals surface area contributed by atoms with Crippen LogP contribution in [0.2, 0.25) is 0 Å². The lowest BCUT2D eigenvalue weighted by atomic mass is 10.00. The predicted molar refractivity (Wildman–Crippen MR) is 207 cm³/mol. The van der Waals surface area contributed by atoms with E-state index in [1.807, 2.05) is 6.07 Å². The molecule has 11 aromatic rings. The summed E-state index contributed by atoms with van der Waals surface area (Å²) in [6.45, 7) is 0. The number of fused-ring (bicyclic) bond motifs is 11. The Morgan fingerprint density at radius 3 is 1.72 bits per heavy atom. The molecule has 232 valence electrons. The number of rotatable bonds is 3. The van der Waals surface area contributed by atoms with Gasteiger partial charge in [0.15, 0.2) is 0 Å². The maximum atomic E-state index is 6.70. The lowest BCUT2D eigenvalue weighted by Crippen LogP contribution is -2.03. The van der Waals surface area contributed by atoms with E-state index in [-0.39, 0.29) is 0 Å². The highest BCUT2D eigenvalue weighted by Crippen LogP contribution is 2.42. The third-order valence-corrected chi connectivity index (χ3v) is 10.2. The van der Waals surface area contributed by atoms with Crippen molar-refractivity contribution < 1.29 is 4.42 Å². The zero-order chi connectivity index (χ0) is 32.8. The van der Waals surface area contributed by atoms with E-state index in [2.05, 4.69) is 162 Å². The number of hydrogen-bond donors (Lipinski definition) is 0. The van der Waals surface area contributed by atoms with E-state index in [1.54, 1.807) is 0 Å². The van der Waals surface area contributed by atoms with Gasteiger partial charge in [0.05, 0.1) is 22.1 Å². The summed E-state index contributed by atoms with van der Waals surface area (Å²) in [5.74, 6) is 0.577. The zero-order valence-electron chi connectivity index (χ0n) is 26.8. The van der Waals surface area contributed by atoms with E-state index in [0.717, 1.165) is 55.2 Å². The van der Waals surface area contributed by atoms with Crippen LogP contribution in [0.3, 0.4) is 0 Å². The molecule has 8 aromatic carbocycles. The highest BCUT2D eigenvalue weighted by atomic mass is 16.3. The van der Waals surface area contributed by atoms with Crippen molar-refractivity contribution in [2.45, 2.75) is 0 Å². The summed E-state index contributed by atoms with van der Waals surface area (Å²) in [6, 6.07) is 57.9. The minimum absolute atomic E-state index is 0.565. The second-order valence-corrected chi connectivity index (χ2v) is 13.0. The first-order chi connectivity index (χ1) is 24.8. The Morgan fingerprint density at radius 2 is 1.00 bits per heavy atom. The molecule has 0 saturated carbocycles. The highest BCUT2D eigenvalue weighted by Gasteiger charge is 2.23. The number of furan rings is 1. The summed E-state index contributed by atoms with van der Waals surface area (Å²) in [4.78, 5) is 10.7. The predicted octanol–water partition coefficient (Wildman–Crippen LogP) is 12.3. The first-order valence-corrected chi connectivity index (χ1v) is 16.9. The van der Waals surface area contributed by atoms with Crippen LogP contribution in [-0.4, -0.2) is 14.5 Å². The van der Waals surface area contributed by atoms with E-state index < -0.39 is 0 Å². The highest BCUT2D eigenvalue weighted by molar-refractivity contribution is 6.28. The van der Waals surface area contributed by atoms with Crippen LogP contribution in [0.5, 0.6) is 0 Å². The maximum absolute atomic E-state index is 6.70. The van der Waals surface area contributed by atoms with Crippen LogP contribution in [0.4, 0.5) is 0 Å². The van der Waals surface area contributed by atoms with Gasteiger partial charge in [0.25, 0.3) is 0 Å². The first kappa shape index (κ1) is 27.2. The van der Waals surface area contributed by atoms with Crippen molar-refractivity contribution in [3.63, 3.8) is 0 Å². The quantitative estimate of drug-likeness (QED) is 0.194. The molecule has 0 spiro atoms. The van der Waals surface area contributed by atoms with Gasteiger partial charge in [-0.15, -0.1) is 0 Å². The molecule has 4 nitrogen and oxygen atoms in total. The van der Waals surface area contributed by atoms with Crippen LogP contribution in [-0.2, 0) is 0 Å². The van der Waals surface area contributed by atoms with E-state index in [4.69, 9.17) is 14.4 Å². The molecule has 0 saturated heterocycles. The monoisotopic (exact) mass is 637 g/mol. The molecule has 0 aliphatic rings. The molecule has 0 unspecified atom stereocenters. The molecule has 0 radical (unpaired) electrons. The zero-order valence-corrected chi connectivity index (χ0v) is 26.8. The normalized spacial score (nSPS) is 12.0. The van der Waals surface area contributed by atoms with Crippen molar-refractivity contribution in [2.75, 3.05) is 0 Å². The third-order valence-electron chi connectivity index (χ3n) is 10.2. The van der Waals surface area contributed by atoms with Crippen molar-refractivity contribution >= 4 is 76.2 Å². The van der Waals surface area contributed by atoms with Gasteiger partial charge >= 0.3 is 0 Å². The van der Waals surface area contributed by atoms with Crippen molar-refractivity contribution in [3.05, 3.63) is 164 Å². The summed E-state index contributed by atoms with van der Waals surface area (Å²) in [5.41, 5.74) is 7.56. The minimum Gasteiger partial charge on any atom is -0.437 e. The maximum Gasteiger partial charge on any atom is 0.238 e. The molecule has 0 bridgehead atoms. The Balaban J connectivity index is 1.27. The van der Waals surface area contributed by atoms with Gasteiger partial charge in [-0.05, 0) is 73.8 Å². The fourth-order valence-corrected chi connectivity index (χ4v) is 7.88. The summed E-state index contributed by atoms with van der Waals surface area (Å²) in [5, 5.41) is 11.5. The summed E-state index contributed by atoms with van der Waals surface area (Å²) in [7, 11) is 0. The van der Waals surface area contributed by atoms with E-state index in [0.29, 0.717) is 11.7 Å². The Bertz CT molecular complexity index is 3060. The fourth-order valence-electron chi connectivity index (χ4n) is 7.88.